The molecule has 2 atom stereocenters. The van der Waals surface area contributed by atoms with Crippen LogP contribution in [0.15, 0.2) is 45.9 Å². The SMILES string of the molecule is Cc1ccc(CN2C[C@@H]3C[C@H](C2)c2ccc(-c4nccn4C)c(=O)n2C3)o1. The summed E-state index contributed by atoms with van der Waals surface area (Å²) in [5, 5.41) is 0. The molecule has 27 heavy (non-hydrogen) atoms. The Balaban J connectivity index is 1.45. The molecular formula is C21H24N4O2. The van der Waals surface area contributed by atoms with Crippen molar-refractivity contribution >= 4 is 0 Å². The van der Waals surface area contributed by atoms with E-state index in [4.69, 9.17) is 4.42 Å². The predicted molar refractivity (Wildman–Crippen MR) is 102 cm³/mol. The fourth-order valence-electron chi connectivity index (χ4n) is 4.76. The van der Waals surface area contributed by atoms with Crippen LogP contribution in [-0.4, -0.2) is 32.1 Å². The first-order valence-corrected chi connectivity index (χ1v) is 9.57. The van der Waals surface area contributed by atoms with Crippen LogP contribution in [0.4, 0.5) is 0 Å². The number of hydrogen-bond acceptors (Lipinski definition) is 4. The van der Waals surface area contributed by atoms with Crippen LogP contribution in [0.3, 0.4) is 0 Å². The molecule has 6 nitrogen and oxygen atoms in total. The number of fused-ring (bicyclic) bond motifs is 4. The van der Waals surface area contributed by atoms with Gasteiger partial charge in [0, 0.05) is 50.7 Å². The summed E-state index contributed by atoms with van der Waals surface area (Å²) in [6, 6.07) is 8.17. The highest BCUT2D eigenvalue weighted by Crippen LogP contribution is 2.36. The second kappa shape index (κ2) is 6.23. The third-order valence-electron chi connectivity index (χ3n) is 5.92. The highest BCUT2D eigenvalue weighted by atomic mass is 16.3. The van der Waals surface area contributed by atoms with Gasteiger partial charge in [-0.15, -0.1) is 0 Å². The molecule has 140 valence electrons. The molecule has 2 aliphatic heterocycles. The Kier molecular flexibility index (Phi) is 3.82. The van der Waals surface area contributed by atoms with E-state index in [9.17, 15) is 4.79 Å². The number of furan rings is 1. The van der Waals surface area contributed by atoms with Gasteiger partial charge in [-0.25, -0.2) is 4.98 Å². The molecule has 3 aromatic heterocycles. The molecule has 0 amide bonds. The van der Waals surface area contributed by atoms with Crippen LogP contribution in [0, 0.1) is 12.8 Å². The molecule has 0 radical (unpaired) electrons. The minimum Gasteiger partial charge on any atom is -0.465 e. The Morgan fingerprint density at radius 2 is 2.07 bits per heavy atom. The van der Waals surface area contributed by atoms with Gasteiger partial charge in [-0.3, -0.25) is 9.69 Å². The van der Waals surface area contributed by atoms with Crippen molar-refractivity contribution in [3.05, 3.63) is 64.2 Å². The van der Waals surface area contributed by atoms with E-state index < -0.39 is 0 Å². The lowest BCUT2D eigenvalue weighted by Gasteiger charge is -2.42. The van der Waals surface area contributed by atoms with E-state index in [2.05, 4.69) is 22.0 Å². The van der Waals surface area contributed by atoms with Crippen LogP contribution in [-0.2, 0) is 20.1 Å². The van der Waals surface area contributed by atoms with Gasteiger partial charge in [-0.2, -0.15) is 0 Å². The maximum Gasteiger partial charge on any atom is 0.261 e. The van der Waals surface area contributed by atoms with Gasteiger partial charge in [-0.05, 0) is 43.5 Å². The van der Waals surface area contributed by atoms with E-state index in [1.807, 2.05) is 41.4 Å². The average Bonchev–Trinajstić information content (AvgIpc) is 3.24. The Bertz CT molecular complexity index is 1040. The second-order valence-electron chi connectivity index (χ2n) is 7.95. The van der Waals surface area contributed by atoms with Gasteiger partial charge in [0.05, 0.1) is 12.1 Å². The smallest absolute Gasteiger partial charge is 0.261 e. The molecule has 0 aromatic carbocycles. The molecule has 5 rings (SSSR count). The zero-order valence-corrected chi connectivity index (χ0v) is 15.8. The van der Waals surface area contributed by atoms with E-state index >= 15 is 0 Å². The normalized spacial score (nSPS) is 22.0. The molecule has 3 aromatic rings. The van der Waals surface area contributed by atoms with Crippen LogP contribution in [0.5, 0.6) is 0 Å². The second-order valence-corrected chi connectivity index (χ2v) is 7.95. The fraction of sp³-hybridized carbons (Fsp3) is 0.429. The van der Waals surface area contributed by atoms with Crippen molar-refractivity contribution in [2.24, 2.45) is 13.0 Å². The lowest BCUT2D eigenvalue weighted by Crippen LogP contribution is -2.46. The summed E-state index contributed by atoms with van der Waals surface area (Å²) < 4.78 is 9.66. The van der Waals surface area contributed by atoms with Crippen molar-refractivity contribution in [3.8, 4) is 11.4 Å². The summed E-state index contributed by atoms with van der Waals surface area (Å²) in [5.41, 5.74) is 1.94. The summed E-state index contributed by atoms with van der Waals surface area (Å²) in [7, 11) is 1.93. The largest absolute Gasteiger partial charge is 0.465 e. The van der Waals surface area contributed by atoms with Gasteiger partial charge in [0.25, 0.3) is 5.56 Å². The lowest BCUT2D eigenvalue weighted by atomic mass is 9.83. The van der Waals surface area contributed by atoms with Crippen LogP contribution in [0.25, 0.3) is 11.4 Å². The summed E-state index contributed by atoms with van der Waals surface area (Å²) in [4.78, 5) is 20.0. The number of hydrogen-bond donors (Lipinski definition) is 0. The van der Waals surface area contributed by atoms with Crippen LogP contribution in [0.2, 0.25) is 0 Å². The summed E-state index contributed by atoms with van der Waals surface area (Å²) in [6.45, 7) is 5.59. The van der Waals surface area contributed by atoms with Gasteiger partial charge in [0.15, 0.2) is 0 Å². The number of piperidine rings is 1. The third kappa shape index (κ3) is 2.84. The van der Waals surface area contributed by atoms with Crippen molar-refractivity contribution < 1.29 is 4.42 Å². The third-order valence-corrected chi connectivity index (χ3v) is 5.92. The van der Waals surface area contributed by atoms with Crippen LogP contribution < -0.4 is 5.56 Å². The van der Waals surface area contributed by atoms with Crippen molar-refractivity contribution in [2.45, 2.75) is 32.4 Å². The minimum atomic E-state index is 0.0895. The molecule has 0 N–H and O–H groups in total. The zero-order chi connectivity index (χ0) is 18.5. The van der Waals surface area contributed by atoms with Gasteiger partial charge in [0.1, 0.15) is 17.3 Å². The highest BCUT2D eigenvalue weighted by molar-refractivity contribution is 5.54. The van der Waals surface area contributed by atoms with E-state index in [1.54, 1.807) is 6.20 Å². The van der Waals surface area contributed by atoms with Gasteiger partial charge in [0.2, 0.25) is 0 Å². The Hall–Kier alpha value is -2.60. The first kappa shape index (κ1) is 16.6. The average molecular weight is 364 g/mol. The van der Waals surface area contributed by atoms with Gasteiger partial charge >= 0.3 is 0 Å². The topological polar surface area (TPSA) is 56.2 Å². The summed E-state index contributed by atoms with van der Waals surface area (Å²) in [6.07, 6.45) is 4.78. The van der Waals surface area contributed by atoms with Crippen molar-refractivity contribution in [3.63, 3.8) is 0 Å². The monoisotopic (exact) mass is 364 g/mol. The zero-order valence-electron chi connectivity index (χ0n) is 15.8. The Labute approximate surface area is 158 Å². The number of likely N-dealkylation sites (tertiary alicyclic amines) is 1. The fourth-order valence-corrected chi connectivity index (χ4v) is 4.76. The number of imidazole rings is 1. The minimum absolute atomic E-state index is 0.0895. The van der Waals surface area contributed by atoms with Crippen LogP contribution in [0.1, 0.15) is 29.6 Å². The maximum atomic E-state index is 13.2. The maximum absolute atomic E-state index is 13.2. The predicted octanol–water partition coefficient (Wildman–Crippen LogP) is 2.77. The Morgan fingerprint density at radius 1 is 1.19 bits per heavy atom. The molecule has 5 heterocycles. The quantitative estimate of drug-likeness (QED) is 0.717. The summed E-state index contributed by atoms with van der Waals surface area (Å²) >= 11 is 0. The molecule has 1 saturated heterocycles. The number of nitrogens with zero attached hydrogens (tertiary/aromatic N) is 4. The lowest BCUT2D eigenvalue weighted by molar-refractivity contribution is 0.107. The first-order valence-electron chi connectivity index (χ1n) is 9.57. The molecule has 6 heteroatoms. The molecule has 0 saturated carbocycles. The number of rotatable bonds is 3. The van der Waals surface area contributed by atoms with E-state index in [0.29, 0.717) is 17.4 Å². The first-order chi connectivity index (χ1) is 13.1. The molecule has 0 aliphatic carbocycles. The van der Waals surface area contributed by atoms with Crippen molar-refractivity contribution in [2.75, 3.05) is 13.1 Å². The van der Waals surface area contributed by atoms with Crippen molar-refractivity contribution in [1.82, 2.24) is 19.0 Å². The molecule has 1 fully saturated rings. The highest BCUT2D eigenvalue weighted by Gasteiger charge is 2.35. The Morgan fingerprint density at radius 3 is 2.81 bits per heavy atom. The standard InChI is InChI=1S/C21H24N4O2/c1-14-3-4-17(27-14)13-24-10-15-9-16(12-24)19-6-5-18(21(26)25(19)11-15)20-22-7-8-23(20)2/h3-8,15-16H,9-13H2,1-2H3/t15-,16+/m0/s1. The molecule has 2 bridgehead atoms. The molecular weight excluding hydrogens is 340 g/mol. The van der Waals surface area contributed by atoms with E-state index in [-0.39, 0.29) is 5.56 Å². The summed E-state index contributed by atoms with van der Waals surface area (Å²) in [5.74, 6) is 3.62. The number of aryl methyl sites for hydroxylation is 2. The van der Waals surface area contributed by atoms with E-state index in [0.717, 1.165) is 55.6 Å². The number of pyridine rings is 1. The molecule has 0 spiro atoms. The number of aromatic nitrogens is 3. The van der Waals surface area contributed by atoms with Crippen LogP contribution >= 0.6 is 0 Å². The van der Waals surface area contributed by atoms with Gasteiger partial charge < -0.3 is 13.6 Å². The van der Waals surface area contributed by atoms with E-state index in [1.165, 1.54) is 0 Å². The van der Waals surface area contributed by atoms with Gasteiger partial charge in [-0.1, -0.05) is 0 Å². The molecule has 0 unspecified atom stereocenters. The van der Waals surface area contributed by atoms with Crippen molar-refractivity contribution in [1.29, 1.82) is 0 Å². The molecule has 2 aliphatic rings.